The fourth-order valence-electron chi connectivity index (χ4n) is 1.31. The average Bonchev–Trinajstić information content (AvgIpc) is 2.79. The molecule has 0 aliphatic heterocycles. The number of benzene rings is 1. The number of hydrogen-bond donors (Lipinski definition) is 1. The van der Waals surface area contributed by atoms with Crippen molar-refractivity contribution in [1.29, 1.82) is 0 Å². The molecule has 0 bridgehead atoms. The number of nitrogens with zero attached hydrogens (tertiary/aromatic N) is 1. The van der Waals surface area contributed by atoms with Gasteiger partial charge in [0.15, 0.2) is 0 Å². The molecule has 0 amide bonds. The van der Waals surface area contributed by atoms with Gasteiger partial charge in [-0.1, -0.05) is 6.92 Å². The number of halogens is 2. The van der Waals surface area contributed by atoms with Crippen LogP contribution in [-0.2, 0) is 6.54 Å². The van der Waals surface area contributed by atoms with Gasteiger partial charge < -0.3 is 14.5 Å². The van der Waals surface area contributed by atoms with E-state index in [2.05, 4.69) is 26.2 Å². The Kier molecular flexibility index (Phi) is 4.33. The predicted octanol–water partition coefficient (Wildman–Crippen LogP) is 3.48. The van der Waals surface area contributed by atoms with E-state index in [1.165, 1.54) is 12.3 Å². The van der Waals surface area contributed by atoms with Crippen molar-refractivity contribution < 1.29 is 13.5 Å². The molecule has 6 heteroatoms. The lowest BCUT2D eigenvalue weighted by Crippen LogP contribution is -2.11. The molecule has 0 fully saturated rings. The van der Waals surface area contributed by atoms with Crippen molar-refractivity contribution >= 4 is 15.9 Å². The number of ether oxygens (including phenoxy) is 1. The number of hydrogen-bond acceptors (Lipinski definition) is 4. The molecule has 2 aromatic rings. The molecule has 1 N–H and O–H groups in total. The quantitative estimate of drug-likeness (QED) is 0.918. The van der Waals surface area contributed by atoms with Gasteiger partial charge in [0.1, 0.15) is 17.8 Å². The lowest BCUT2D eigenvalue weighted by molar-refractivity contribution is 0.329. The van der Waals surface area contributed by atoms with Crippen LogP contribution in [0.2, 0.25) is 0 Å². The van der Waals surface area contributed by atoms with E-state index in [9.17, 15) is 4.39 Å². The largest absolute Gasteiger partial charge is 0.417 e. The standard InChI is InChI=1S/C12H12BrFN2O2/c1-2-15-6-8-7-17-12(16-8)18-9-3-4-10(13)11(14)5-9/h3-5,7,15H,2,6H2,1H3. The number of nitrogens with one attached hydrogen (secondary N) is 1. The Hall–Kier alpha value is -1.40. The Labute approximate surface area is 112 Å². The number of oxazole rings is 1. The summed E-state index contributed by atoms with van der Waals surface area (Å²) >= 11 is 3.07. The third-order valence-corrected chi connectivity index (χ3v) is 2.83. The third-order valence-electron chi connectivity index (χ3n) is 2.18. The van der Waals surface area contributed by atoms with Gasteiger partial charge in [-0.3, -0.25) is 0 Å². The molecule has 0 radical (unpaired) electrons. The molecule has 0 atom stereocenters. The molecule has 0 aliphatic rings. The Bertz CT molecular complexity index is 531. The summed E-state index contributed by atoms with van der Waals surface area (Å²) in [5, 5.41) is 3.11. The van der Waals surface area contributed by atoms with Gasteiger partial charge in [0.25, 0.3) is 0 Å². The molecule has 0 unspecified atom stereocenters. The van der Waals surface area contributed by atoms with Crippen molar-refractivity contribution in [2.24, 2.45) is 0 Å². The van der Waals surface area contributed by atoms with E-state index in [1.54, 1.807) is 12.1 Å². The van der Waals surface area contributed by atoms with Gasteiger partial charge >= 0.3 is 6.08 Å². The van der Waals surface area contributed by atoms with Crippen molar-refractivity contribution in [2.75, 3.05) is 6.54 Å². The summed E-state index contributed by atoms with van der Waals surface area (Å²) in [6.07, 6.45) is 1.61. The summed E-state index contributed by atoms with van der Waals surface area (Å²) in [4.78, 5) is 4.11. The Morgan fingerprint density at radius 2 is 2.33 bits per heavy atom. The topological polar surface area (TPSA) is 47.3 Å². The smallest absolute Gasteiger partial charge is 0.399 e. The van der Waals surface area contributed by atoms with Crippen LogP contribution in [0, 0.1) is 5.82 Å². The van der Waals surface area contributed by atoms with E-state index >= 15 is 0 Å². The number of aromatic nitrogens is 1. The van der Waals surface area contributed by atoms with Gasteiger partial charge in [0.05, 0.1) is 10.2 Å². The fourth-order valence-corrected chi connectivity index (χ4v) is 1.56. The highest BCUT2D eigenvalue weighted by atomic mass is 79.9. The molecule has 18 heavy (non-hydrogen) atoms. The fraction of sp³-hybridized carbons (Fsp3) is 0.250. The molecule has 0 saturated heterocycles. The van der Waals surface area contributed by atoms with Crippen molar-refractivity contribution in [3.8, 4) is 11.8 Å². The first-order valence-electron chi connectivity index (χ1n) is 5.47. The van der Waals surface area contributed by atoms with Crippen LogP contribution in [0.5, 0.6) is 11.8 Å². The highest BCUT2D eigenvalue weighted by Gasteiger charge is 2.08. The number of rotatable bonds is 5. The molecule has 4 nitrogen and oxygen atoms in total. The average molecular weight is 315 g/mol. The summed E-state index contributed by atoms with van der Waals surface area (Å²) < 4.78 is 24.1. The van der Waals surface area contributed by atoms with E-state index in [0.29, 0.717) is 16.8 Å². The third kappa shape index (κ3) is 3.30. The first-order valence-corrected chi connectivity index (χ1v) is 6.26. The van der Waals surface area contributed by atoms with Gasteiger partial charge in [-0.2, -0.15) is 4.98 Å². The van der Waals surface area contributed by atoms with Crippen LogP contribution in [0.4, 0.5) is 4.39 Å². The van der Waals surface area contributed by atoms with Crippen molar-refractivity contribution in [2.45, 2.75) is 13.5 Å². The van der Waals surface area contributed by atoms with Crippen LogP contribution in [0.25, 0.3) is 0 Å². The SMILES string of the molecule is CCNCc1coc(Oc2ccc(Br)c(F)c2)n1. The first kappa shape index (κ1) is 13.0. The lowest BCUT2D eigenvalue weighted by Gasteiger charge is -2.01. The van der Waals surface area contributed by atoms with Gasteiger partial charge in [-0.25, -0.2) is 4.39 Å². The molecule has 0 aliphatic carbocycles. The zero-order chi connectivity index (χ0) is 13.0. The van der Waals surface area contributed by atoms with Crippen LogP contribution >= 0.6 is 15.9 Å². The van der Waals surface area contributed by atoms with Crippen LogP contribution in [-0.4, -0.2) is 11.5 Å². The molecule has 96 valence electrons. The molecule has 0 spiro atoms. The van der Waals surface area contributed by atoms with Gasteiger partial charge in [-0.15, -0.1) is 0 Å². The van der Waals surface area contributed by atoms with Crippen molar-refractivity contribution in [3.05, 3.63) is 40.4 Å². The van der Waals surface area contributed by atoms with Crippen LogP contribution in [0.15, 0.2) is 33.4 Å². The van der Waals surface area contributed by atoms with Gasteiger partial charge in [0, 0.05) is 12.6 Å². The van der Waals surface area contributed by atoms with E-state index < -0.39 is 5.82 Å². The minimum Gasteiger partial charge on any atom is -0.417 e. The van der Waals surface area contributed by atoms with Crippen LogP contribution < -0.4 is 10.1 Å². The molecule has 2 rings (SSSR count). The molecule has 0 saturated carbocycles. The first-order chi connectivity index (χ1) is 8.69. The predicted molar refractivity (Wildman–Crippen MR) is 68.1 cm³/mol. The van der Waals surface area contributed by atoms with Gasteiger partial charge in [-0.05, 0) is 34.6 Å². The van der Waals surface area contributed by atoms with Crippen molar-refractivity contribution in [3.63, 3.8) is 0 Å². The molecule has 1 heterocycles. The highest BCUT2D eigenvalue weighted by Crippen LogP contribution is 2.25. The van der Waals surface area contributed by atoms with E-state index in [-0.39, 0.29) is 6.08 Å². The minimum absolute atomic E-state index is 0.102. The second-order valence-electron chi connectivity index (χ2n) is 3.56. The maximum atomic E-state index is 13.3. The molecule has 1 aromatic carbocycles. The summed E-state index contributed by atoms with van der Waals surface area (Å²) in [6.45, 7) is 3.46. The van der Waals surface area contributed by atoms with Gasteiger partial charge in [0.2, 0.25) is 0 Å². The molecular formula is C12H12BrFN2O2. The van der Waals surface area contributed by atoms with Crippen LogP contribution in [0.1, 0.15) is 12.6 Å². The van der Waals surface area contributed by atoms with Crippen molar-refractivity contribution in [1.82, 2.24) is 10.3 Å². The second-order valence-corrected chi connectivity index (χ2v) is 4.42. The minimum atomic E-state index is -0.396. The molecule has 1 aromatic heterocycles. The summed E-state index contributed by atoms with van der Waals surface area (Å²) in [7, 11) is 0. The Morgan fingerprint density at radius 1 is 1.50 bits per heavy atom. The maximum Gasteiger partial charge on any atom is 0.399 e. The van der Waals surface area contributed by atoms with E-state index in [1.807, 2.05) is 6.92 Å². The summed E-state index contributed by atoms with van der Waals surface area (Å²) in [6, 6.07) is 4.45. The van der Waals surface area contributed by atoms with E-state index in [0.717, 1.165) is 12.2 Å². The highest BCUT2D eigenvalue weighted by molar-refractivity contribution is 9.10. The zero-order valence-electron chi connectivity index (χ0n) is 9.74. The zero-order valence-corrected chi connectivity index (χ0v) is 11.3. The normalized spacial score (nSPS) is 10.6. The second kappa shape index (κ2) is 5.97. The summed E-state index contributed by atoms with van der Waals surface area (Å²) in [5.74, 6) is -0.0560. The summed E-state index contributed by atoms with van der Waals surface area (Å²) in [5.41, 5.74) is 0.740. The maximum absolute atomic E-state index is 13.3. The van der Waals surface area contributed by atoms with Crippen LogP contribution in [0.3, 0.4) is 0 Å². The Balaban J connectivity index is 2.04. The lowest BCUT2D eigenvalue weighted by atomic mass is 10.3. The Morgan fingerprint density at radius 3 is 3.06 bits per heavy atom. The monoisotopic (exact) mass is 314 g/mol. The molecular weight excluding hydrogens is 303 g/mol. The van der Waals surface area contributed by atoms with E-state index in [4.69, 9.17) is 9.15 Å².